The third kappa shape index (κ3) is 5.54. The van der Waals surface area contributed by atoms with Crippen molar-refractivity contribution in [3.05, 3.63) is 93.4 Å². The fourth-order valence-electron chi connectivity index (χ4n) is 2.73. The Kier molecular flexibility index (Phi) is 6.17. The molecule has 0 aliphatic carbocycles. The number of sulfonamides is 1. The minimum atomic E-state index is -3.78. The summed E-state index contributed by atoms with van der Waals surface area (Å²) in [4.78, 5) is 24.4. The van der Waals surface area contributed by atoms with Crippen LogP contribution in [0.3, 0.4) is 0 Å². The molecule has 29 heavy (non-hydrogen) atoms. The lowest BCUT2D eigenvalue weighted by Crippen LogP contribution is -2.21. The number of aromatic nitrogens is 1. The van der Waals surface area contributed by atoms with Crippen molar-refractivity contribution in [2.75, 3.05) is 5.32 Å². The molecule has 9 heteroatoms. The fourth-order valence-corrected chi connectivity index (χ4v) is 3.44. The zero-order valence-corrected chi connectivity index (χ0v) is 16.8. The van der Waals surface area contributed by atoms with Crippen LogP contribution in [-0.2, 0) is 27.8 Å². The van der Waals surface area contributed by atoms with E-state index in [-0.39, 0.29) is 29.3 Å². The van der Waals surface area contributed by atoms with E-state index >= 15 is 0 Å². The van der Waals surface area contributed by atoms with Crippen molar-refractivity contribution in [3.8, 4) is 0 Å². The summed E-state index contributed by atoms with van der Waals surface area (Å²) in [6.07, 6.45) is 1.59. The van der Waals surface area contributed by atoms with E-state index in [9.17, 15) is 18.0 Å². The van der Waals surface area contributed by atoms with Gasteiger partial charge >= 0.3 is 0 Å². The standard InChI is InChI=1S/C20H18ClN3O4S/c21-18-4-2-1-3-15(18)12-24-13-16(7-10-20(24)26)23-19(25)11-14-5-8-17(9-6-14)29(22,27)28/h1-10,13H,11-12H2,(H,23,25)(H2,22,27,28). The topological polar surface area (TPSA) is 111 Å². The molecule has 0 bridgehead atoms. The van der Waals surface area contributed by atoms with Gasteiger partial charge in [0.05, 0.1) is 23.5 Å². The number of carbonyl (C=O) groups is 1. The van der Waals surface area contributed by atoms with Gasteiger partial charge in [0.1, 0.15) is 0 Å². The molecule has 3 N–H and O–H groups in total. The molecule has 3 aromatic rings. The maximum absolute atomic E-state index is 12.3. The van der Waals surface area contributed by atoms with Gasteiger partial charge in [-0.3, -0.25) is 9.59 Å². The molecule has 1 heterocycles. The Bertz CT molecular complexity index is 1200. The van der Waals surface area contributed by atoms with E-state index in [1.807, 2.05) is 12.1 Å². The van der Waals surface area contributed by atoms with Crippen LogP contribution in [0.2, 0.25) is 5.02 Å². The number of nitrogens with zero attached hydrogens (tertiary/aromatic N) is 1. The Morgan fingerprint density at radius 2 is 1.72 bits per heavy atom. The normalized spacial score (nSPS) is 11.2. The number of benzene rings is 2. The molecule has 0 radical (unpaired) electrons. The van der Waals surface area contributed by atoms with Gasteiger partial charge in [-0.25, -0.2) is 13.6 Å². The zero-order valence-electron chi connectivity index (χ0n) is 15.2. The van der Waals surface area contributed by atoms with Crippen LogP contribution < -0.4 is 16.0 Å². The summed E-state index contributed by atoms with van der Waals surface area (Å²) < 4.78 is 24.0. The van der Waals surface area contributed by atoms with Crippen molar-refractivity contribution in [1.82, 2.24) is 4.57 Å². The van der Waals surface area contributed by atoms with E-state index < -0.39 is 10.0 Å². The predicted octanol–water partition coefficient (Wildman–Crippen LogP) is 2.38. The van der Waals surface area contributed by atoms with Crippen molar-refractivity contribution < 1.29 is 13.2 Å². The molecule has 1 amide bonds. The number of rotatable bonds is 6. The van der Waals surface area contributed by atoms with Crippen LogP contribution in [0, 0.1) is 0 Å². The van der Waals surface area contributed by atoms with E-state index in [2.05, 4.69) is 5.32 Å². The lowest BCUT2D eigenvalue weighted by Gasteiger charge is -2.11. The average molecular weight is 432 g/mol. The SMILES string of the molecule is NS(=O)(=O)c1ccc(CC(=O)Nc2ccc(=O)n(Cc3ccccc3Cl)c2)cc1. The van der Waals surface area contributed by atoms with Crippen LogP contribution in [-0.4, -0.2) is 18.9 Å². The molecule has 3 rings (SSSR count). The van der Waals surface area contributed by atoms with Gasteiger partial charge in [-0.1, -0.05) is 41.9 Å². The number of primary sulfonamides is 1. The van der Waals surface area contributed by atoms with Gasteiger partial charge in [0, 0.05) is 17.3 Å². The first-order valence-corrected chi connectivity index (χ1v) is 10.5. The fraction of sp³-hybridized carbons (Fsp3) is 0.100. The number of hydrogen-bond donors (Lipinski definition) is 2. The molecule has 150 valence electrons. The van der Waals surface area contributed by atoms with E-state index in [0.29, 0.717) is 16.3 Å². The molecule has 0 unspecified atom stereocenters. The van der Waals surface area contributed by atoms with Crippen molar-refractivity contribution in [3.63, 3.8) is 0 Å². The maximum atomic E-state index is 12.3. The number of nitrogens with one attached hydrogen (secondary N) is 1. The number of carbonyl (C=O) groups excluding carboxylic acids is 1. The highest BCUT2D eigenvalue weighted by molar-refractivity contribution is 7.89. The summed E-state index contributed by atoms with van der Waals surface area (Å²) in [5, 5.41) is 8.34. The number of pyridine rings is 1. The second-order valence-corrected chi connectivity index (χ2v) is 8.36. The monoisotopic (exact) mass is 431 g/mol. The number of amides is 1. The quantitative estimate of drug-likeness (QED) is 0.624. The van der Waals surface area contributed by atoms with Crippen LogP contribution in [0.25, 0.3) is 0 Å². The minimum absolute atomic E-state index is 0.0201. The van der Waals surface area contributed by atoms with E-state index in [0.717, 1.165) is 5.56 Å². The molecule has 1 aromatic heterocycles. The molecule has 0 fully saturated rings. The summed E-state index contributed by atoms with van der Waals surface area (Å²) in [6.45, 7) is 0.275. The van der Waals surface area contributed by atoms with Gasteiger partial charge < -0.3 is 9.88 Å². The first kappa shape index (κ1) is 20.8. The Labute approximate surface area is 172 Å². The van der Waals surface area contributed by atoms with Crippen molar-refractivity contribution in [1.29, 1.82) is 0 Å². The summed E-state index contributed by atoms with van der Waals surface area (Å²) in [7, 11) is -3.78. The van der Waals surface area contributed by atoms with Gasteiger partial charge in [0.15, 0.2) is 0 Å². The Morgan fingerprint density at radius 1 is 1.03 bits per heavy atom. The molecule has 0 saturated carbocycles. The number of hydrogen-bond acceptors (Lipinski definition) is 4. The van der Waals surface area contributed by atoms with Crippen molar-refractivity contribution in [2.24, 2.45) is 5.14 Å². The van der Waals surface area contributed by atoms with E-state index in [1.165, 1.54) is 41.0 Å². The molecule has 0 saturated heterocycles. The molecular weight excluding hydrogens is 414 g/mol. The largest absolute Gasteiger partial charge is 0.324 e. The Hall–Kier alpha value is -2.94. The molecular formula is C20H18ClN3O4S. The van der Waals surface area contributed by atoms with E-state index in [4.69, 9.17) is 16.7 Å². The van der Waals surface area contributed by atoms with Gasteiger partial charge in [0.25, 0.3) is 5.56 Å². The Morgan fingerprint density at radius 3 is 2.38 bits per heavy atom. The first-order valence-electron chi connectivity index (χ1n) is 8.58. The number of anilines is 1. The second-order valence-electron chi connectivity index (χ2n) is 6.39. The summed E-state index contributed by atoms with van der Waals surface area (Å²) in [6, 6.07) is 15.8. The number of halogens is 1. The lowest BCUT2D eigenvalue weighted by atomic mass is 10.1. The van der Waals surface area contributed by atoms with Crippen LogP contribution in [0.1, 0.15) is 11.1 Å². The Balaban J connectivity index is 1.71. The van der Waals surface area contributed by atoms with Crippen LogP contribution in [0.4, 0.5) is 5.69 Å². The average Bonchev–Trinajstić information content (AvgIpc) is 2.66. The zero-order chi connectivity index (χ0) is 21.0. The molecule has 0 spiro atoms. The summed E-state index contributed by atoms with van der Waals surface area (Å²) in [5.41, 5.74) is 1.65. The number of nitrogens with two attached hydrogens (primary N) is 1. The predicted molar refractivity (Wildman–Crippen MR) is 111 cm³/mol. The summed E-state index contributed by atoms with van der Waals surface area (Å²) in [5.74, 6) is -0.309. The molecule has 0 aliphatic rings. The molecule has 0 atom stereocenters. The van der Waals surface area contributed by atoms with Crippen molar-refractivity contribution in [2.45, 2.75) is 17.9 Å². The van der Waals surface area contributed by atoms with Crippen LogP contribution >= 0.6 is 11.6 Å². The van der Waals surface area contributed by atoms with E-state index in [1.54, 1.807) is 18.3 Å². The highest BCUT2D eigenvalue weighted by atomic mass is 35.5. The molecule has 0 aliphatic heterocycles. The third-order valence-corrected chi connectivity index (χ3v) is 5.48. The molecule has 2 aromatic carbocycles. The van der Waals surface area contributed by atoms with Gasteiger partial charge in [-0.2, -0.15) is 0 Å². The highest BCUT2D eigenvalue weighted by Crippen LogP contribution is 2.16. The van der Waals surface area contributed by atoms with Gasteiger partial charge in [-0.05, 0) is 35.4 Å². The highest BCUT2D eigenvalue weighted by Gasteiger charge is 2.10. The third-order valence-electron chi connectivity index (χ3n) is 4.18. The smallest absolute Gasteiger partial charge is 0.250 e. The summed E-state index contributed by atoms with van der Waals surface area (Å²) >= 11 is 6.15. The maximum Gasteiger partial charge on any atom is 0.250 e. The van der Waals surface area contributed by atoms with Crippen LogP contribution in [0.15, 0.2) is 76.6 Å². The lowest BCUT2D eigenvalue weighted by molar-refractivity contribution is -0.115. The second kappa shape index (κ2) is 8.60. The minimum Gasteiger partial charge on any atom is -0.324 e. The van der Waals surface area contributed by atoms with Crippen LogP contribution in [0.5, 0.6) is 0 Å². The first-order chi connectivity index (χ1) is 13.7. The van der Waals surface area contributed by atoms with Gasteiger partial charge in [0.2, 0.25) is 15.9 Å². The van der Waals surface area contributed by atoms with Crippen molar-refractivity contribution >= 4 is 33.2 Å². The molecule has 7 nitrogen and oxygen atoms in total. The van der Waals surface area contributed by atoms with Gasteiger partial charge in [-0.15, -0.1) is 0 Å².